The van der Waals surface area contributed by atoms with E-state index in [0.717, 1.165) is 57.5 Å². The average molecular weight is 411 g/mol. The molecular formula is C25H34N2O3. The van der Waals surface area contributed by atoms with Gasteiger partial charge in [-0.2, -0.15) is 0 Å². The van der Waals surface area contributed by atoms with E-state index in [2.05, 4.69) is 34.5 Å². The maximum atomic E-state index is 12.6. The molecule has 5 rings (SSSR count). The van der Waals surface area contributed by atoms with Crippen LogP contribution in [0.3, 0.4) is 0 Å². The number of likely N-dealkylation sites (tertiary alicyclic amines) is 1. The molecule has 1 spiro atoms. The first-order chi connectivity index (χ1) is 14.6. The van der Waals surface area contributed by atoms with Crippen LogP contribution in [0.4, 0.5) is 0 Å². The Morgan fingerprint density at radius 2 is 2.03 bits per heavy atom. The number of rotatable bonds is 6. The molecule has 1 aromatic carbocycles. The van der Waals surface area contributed by atoms with Gasteiger partial charge in [0.15, 0.2) is 0 Å². The van der Waals surface area contributed by atoms with E-state index in [9.17, 15) is 4.79 Å². The second-order valence-electron chi connectivity index (χ2n) is 9.68. The Balaban J connectivity index is 1.08. The molecule has 2 heterocycles. The van der Waals surface area contributed by atoms with Gasteiger partial charge in [0.2, 0.25) is 5.91 Å². The molecule has 1 amide bonds. The van der Waals surface area contributed by atoms with Gasteiger partial charge in [0.25, 0.3) is 0 Å². The standard InChI is InChI=1S/C25H34N2O3/c1-29-23-5-3-2-4-20(23)17-27-12-10-25(11-13-27)9-8-21(30-25)16-26-24(28)22-15-18-6-7-19(22)14-18/h2-7,18-19,21-22H,8-17H2,1H3,(H,26,28)/t18-,19+,21?,22-/m1/s1. The van der Waals surface area contributed by atoms with Crippen molar-refractivity contribution in [2.75, 3.05) is 26.7 Å². The van der Waals surface area contributed by atoms with Gasteiger partial charge in [-0.05, 0) is 56.4 Å². The molecule has 4 aliphatic rings. The SMILES string of the molecule is COc1ccccc1CN1CCC2(CCC(CNC(=O)[C@@H]3C[C@@H]4C=C[C@H]3C4)O2)CC1. The zero-order valence-electron chi connectivity index (χ0n) is 18.0. The predicted octanol–water partition coefficient (Wildman–Crippen LogP) is 3.54. The second-order valence-corrected chi connectivity index (χ2v) is 9.68. The normalized spacial score (nSPS) is 32.0. The van der Waals surface area contributed by atoms with Crippen LogP contribution < -0.4 is 10.1 Å². The van der Waals surface area contributed by atoms with Crippen molar-refractivity contribution in [3.8, 4) is 5.75 Å². The number of ether oxygens (including phenoxy) is 2. The van der Waals surface area contributed by atoms with Crippen molar-refractivity contribution in [2.24, 2.45) is 17.8 Å². The van der Waals surface area contributed by atoms with Crippen molar-refractivity contribution in [3.63, 3.8) is 0 Å². The van der Waals surface area contributed by atoms with Crippen LogP contribution in [0.25, 0.3) is 0 Å². The van der Waals surface area contributed by atoms with E-state index in [1.807, 2.05) is 12.1 Å². The van der Waals surface area contributed by atoms with Crippen LogP contribution in [0, 0.1) is 17.8 Å². The fraction of sp³-hybridized carbons (Fsp3) is 0.640. The topological polar surface area (TPSA) is 50.8 Å². The summed E-state index contributed by atoms with van der Waals surface area (Å²) in [6, 6.07) is 8.29. The van der Waals surface area contributed by atoms with E-state index >= 15 is 0 Å². The van der Waals surface area contributed by atoms with Gasteiger partial charge in [0.05, 0.1) is 18.8 Å². The highest BCUT2D eigenvalue weighted by Gasteiger charge is 2.43. The summed E-state index contributed by atoms with van der Waals surface area (Å²) in [6.45, 7) is 3.70. The van der Waals surface area contributed by atoms with E-state index in [0.29, 0.717) is 18.4 Å². The highest BCUT2D eigenvalue weighted by atomic mass is 16.5. The van der Waals surface area contributed by atoms with Crippen LogP contribution >= 0.6 is 0 Å². The van der Waals surface area contributed by atoms with Crippen LogP contribution in [-0.4, -0.2) is 49.3 Å². The first-order valence-corrected chi connectivity index (χ1v) is 11.6. The maximum absolute atomic E-state index is 12.6. The fourth-order valence-electron chi connectivity index (χ4n) is 6.03. The molecule has 1 unspecified atom stereocenters. The zero-order chi connectivity index (χ0) is 20.6. The fourth-order valence-corrected chi connectivity index (χ4v) is 6.03. The predicted molar refractivity (Wildman–Crippen MR) is 116 cm³/mol. The number of hydrogen-bond donors (Lipinski definition) is 1. The Kier molecular flexibility index (Phi) is 5.59. The lowest BCUT2D eigenvalue weighted by atomic mass is 9.88. The van der Waals surface area contributed by atoms with Crippen LogP contribution in [-0.2, 0) is 16.1 Å². The smallest absolute Gasteiger partial charge is 0.223 e. The van der Waals surface area contributed by atoms with Crippen LogP contribution in [0.15, 0.2) is 36.4 Å². The molecule has 2 aliphatic heterocycles. The number of allylic oxidation sites excluding steroid dienone is 2. The van der Waals surface area contributed by atoms with Crippen molar-refractivity contribution < 1.29 is 14.3 Å². The third-order valence-corrected chi connectivity index (χ3v) is 7.81. The summed E-state index contributed by atoms with van der Waals surface area (Å²) in [5, 5.41) is 3.21. The van der Waals surface area contributed by atoms with Crippen LogP contribution in [0.2, 0.25) is 0 Å². The van der Waals surface area contributed by atoms with E-state index in [-0.39, 0.29) is 23.5 Å². The van der Waals surface area contributed by atoms with Gasteiger partial charge in [0.1, 0.15) is 5.75 Å². The number of carbonyl (C=O) groups is 1. The minimum Gasteiger partial charge on any atom is -0.496 e. The first-order valence-electron chi connectivity index (χ1n) is 11.6. The lowest BCUT2D eigenvalue weighted by Crippen LogP contribution is -2.45. The third kappa shape index (κ3) is 4.02. The Bertz CT molecular complexity index is 799. The molecule has 162 valence electrons. The molecule has 1 N–H and O–H groups in total. The number of amides is 1. The molecular weight excluding hydrogens is 376 g/mol. The molecule has 4 atom stereocenters. The van der Waals surface area contributed by atoms with Gasteiger partial charge in [-0.3, -0.25) is 9.69 Å². The number of nitrogens with one attached hydrogen (secondary N) is 1. The number of piperidine rings is 1. The number of methoxy groups -OCH3 is 1. The quantitative estimate of drug-likeness (QED) is 0.729. The molecule has 5 heteroatoms. The number of para-hydroxylation sites is 1. The van der Waals surface area contributed by atoms with Gasteiger partial charge in [-0.1, -0.05) is 30.4 Å². The second kappa shape index (κ2) is 8.35. The van der Waals surface area contributed by atoms with Crippen molar-refractivity contribution in [2.45, 2.75) is 56.8 Å². The molecule has 2 bridgehead atoms. The van der Waals surface area contributed by atoms with Crippen molar-refractivity contribution in [3.05, 3.63) is 42.0 Å². The minimum atomic E-state index is 0.0157. The van der Waals surface area contributed by atoms with E-state index in [1.54, 1.807) is 7.11 Å². The molecule has 0 radical (unpaired) electrons. The number of carbonyl (C=O) groups excluding carboxylic acids is 1. The molecule has 5 nitrogen and oxygen atoms in total. The molecule has 0 aromatic heterocycles. The molecule has 2 saturated heterocycles. The maximum Gasteiger partial charge on any atom is 0.223 e. The van der Waals surface area contributed by atoms with Gasteiger partial charge < -0.3 is 14.8 Å². The van der Waals surface area contributed by atoms with E-state index in [1.165, 1.54) is 12.0 Å². The summed E-state index contributed by atoms with van der Waals surface area (Å²) in [6.07, 6.45) is 11.2. The van der Waals surface area contributed by atoms with Crippen LogP contribution in [0.1, 0.15) is 44.1 Å². The average Bonchev–Trinajstić information content (AvgIpc) is 3.51. The zero-order valence-corrected chi connectivity index (χ0v) is 18.0. The Morgan fingerprint density at radius 3 is 2.77 bits per heavy atom. The Labute approximate surface area is 179 Å². The van der Waals surface area contributed by atoms with E-state index in [4.69, 9.17) is 9.47 Å². The van der Waals surface area contributed by atoms with Crippen molar-refractivity contribution in [1.82, 2.24) is 10.2 Å². The molecule has 1 aromatic rings. The lowest BCUT2D eigenvalue weighted by molar-refractivity contribution is -0.127. The Hall–Kier alpha value is -1.85. The van der Waals surface area contributed by atoms with Gasteiger partial charge in [-0.15, -0.1) is 0 Å². The summed E-state index contributed by atoms with van der Waals surface area (Å²) < 4.78 is 12.0. The van der Waals surface area contributed by atoms with Gasteiger partial charge in [-0.25, -0.2) is 0 Å². The number of nitrogens with zero attached hydrogens (tertiary/aromatic N) is 1. The number of fused-ring (bicyclic) bond motifs is 2. The lowest BCUT2D eigenvalue weighted by Gasteiger charge is -2.39. The van der Waals surface area contributed by atoms with Gasteiger partial charge >= 0.3 is 0 Å². The van der Waals surface area contributed by atoms with Gasteiger partial charge in [0, 0.05) is 37.7 Å². The largest absolute Gasteiger partial charge is 0.496 e. The summed E-state index contributed by atoms with van der Waals surface area (Å²) in [5.74, 6) is 2.50. The monoisotopic (exact) mass is 410 g/mol. The summed E-state index contributed by atoms with van der Waals surface area (Å²) in [4.78, 5) is 15.1. The Morgan fingerprint density at radius 1 is 1.20 bits per heavy atom. The summed E-state index contributed by atoms with van der Waals surface area (Å²) in [5.41, 5.74) is 1.27. The number of hydrogen-bond acceptors (Lipinski definition) is 4. The van der Waals surface area contributed by atoms with Crippen molar-refractivity contribution >= 4 is 5.91 Å². The highest BCUT2D eigenvalue weighted by molar-refractivity contribution is 5.80. The third-order valence-electron chi connectivity index (χ3n) is 7.81. The molecule has 2 aliphatic carbocycles. The molecule has 3 fully saturated rings. The van der Waals surface area contributed by atoms with Crippen molar-refractivity contribution in [1.29, 1.82) is 0 Å². The summed E-state index contributed by atoms with van der Waals surface area (Å²) in [7, 11) is 1.74. The minimum absolute atomic E-state index is 0.0157. The highest BCUT2D eigenvalue weighted by Crippen LogP contribution is 2.43. The van der Waals surface area contributed by atoms with E-state index < -0.39 is 0 Å². The molecule has 1 saturated carbocycles. The summed E-state index contributed by atoms with van der Waals surface area (Å²) >= 11 is 0. The first kappa shape index (κ1) is 20.1. The molecule has 30 heavy (non-hydrogen) atoms. The number of benzene rings is 1. The van der Waals surface area contributed by atoms with Crippen LogP contribution in [0.5, 0.6) is 5.75 Å².